The van der Waals surface area contributed by atoms with Gasteiger partial charge in [0.1, 0.15) is 0 Å². The Hall–Kier alpha value is 0.490. The lowest BCUT2D eigenvalue weighted by molar-refractivity contribution is -0.154. The Morgan fingerprint density at radius 1 is 1.41 bits per heavy atom. The maximum atomic E-state index is 6.17. The second-order valence-electron chi connectivity index (χ2n) is 3.72. The van der Waals surface area contributed by atoms with Gasteiger partial charge < -0.3 is 9.47 Å². The monoisotopic (exact) mass is 358 g/mol. The Morgan fingerprint density at radius 2 is 2.18 bits per heavy atom. The zero-order valence-corrected chi connectivity index (χ0v) is 12.6. The average Bonchev–Trinajstić information content (AvgIpc) is 2.74. The highest BCUT2D eigenvalue weighted by Gasteiger charge is 2.43. The molecule has 1 fully saturated rings. The van der Waals surface area contributed by atoms with E-state index in [0.717, 1.165) is 5.56 Å². The minimum absolute atomic E-state index is 0.124. The molecule has 1 aliphatic heterocycles. The van der Waals surface area contributed by atoms with E-state index in [9.17, 15) is 0 Å². The summed E-state index contributed by atoms with van der Waals surface area (Å²) in [5.41, 5.74) is 0.757. The van der Waals surface area contributed by atoms with Gasteiger partial charge >= 0.3 is 0 Å². The number of ether oxygens (including phenoxy) is 2. The van der Waals surface area contributed by atoms with Gasteiger partial charge in [-0.25, -0.2) is 0 Å². The Labute approximate surface area is 123 Å². The summed E-state index contributed by atoms with van der Waals surface area (Å²) in [6.07, 6.45) is -0.124. The lowest BCUT2D eigenvalue weighted by Gasteiger charge is -2.27. The Bertz CT molecular complexity index is 416. The molecular weight excluding hydrogens is 350 g/mol. The predicted octanol–water partition coefficient (Wildman–Crippen LogP) is 4.20. The number of rotatable bonds is 3. The van der Waals surface area contributed by atoms with Gasteiger partial charge in [0.25, 0.3) is 0 Å². The van der Waals surface area contributed by atoms with E-state index in [1.54, 1.807) is 12.1 Å². The normalized spacial score (nSPS) is 28.6. The first-order valence-corrected chi connectivity index (χ1v) is 7.42. The number of halogens is 4. The molecule has 2 atom stereocenters. The standard InChI is InChI=1S/C11H10BrCl3O2/c12-6-11(16-5-8(4-13)17-11)9-2-1-7(14)3-10(9)15/h1-3,8H,4-6H2/t8-,11+/m0/s1. The van der Waals surface area contributed by atoms with Gasteiger partial charge in [-0.3, -0.25) is 0 Å². The summed E-state index contributed by atoms with van der Waals surface area (Å²) >= 11 is 21.2. The molecule has 0 aliphatic carbocycles. The van der Waals surface area contributed by atoms with Crippen LogP contribution in [0.4, 0.5) is 0 Å². The van der Waals surface area contributed by atoms with Gasteiger partial charge in [0.2, 0.25) is 5.79 Å². The third-order valence-corrected chi connectivity index (χ3v) is 4.18. The van der Waals surface area contributed by atoms with Crippen molar-refractivity contribution in [1.29, 1.82) is 0 Å². The fourth-order valence-corrected chi connectivity index (χ4v) is 3.02. The van der Waals surface area contributed by atoms with Crippen molar-refractivity contribution in [3.05, 3.63) is 33.8 Å². The topological polar surface area (TPSA) is 18.5 Å². The van der Waals surface area contributed by atoms with Crippen LogP contribution in [-0.4, -0.2) is 23.9 Å². The molecule has 1 saturated heterocycles. The van der Waals surface area contributed by atoms with Crippen LogP contribution in [0.25, 0.3) is 0 Å². The third kappa shape index (κ3) is 2.75. The van der Waals surface area contributed by atoms with Crippen molar-refractivity contribution in [3.63, 3.8) is 0 Å². The van der Waals surface area contributed by atoms with Crippen LogP contribution in [0.15, 0.2) is 18.2 Å². The zero-order chi connectivity index (χ0) is 12.5. The molecule has 1 aromatic carbocycles. The van der Waals surface area contributed by atoms with Crippen molar-refractivity contribution < 1.29 is 9.47 Å². The predicted molar refractivity (Wildman–Crippen MR) is 73.5 cm³/mol. The molecule has 2 rings (SSSR count). The Kier molecular flexibility index (Phi) is 4.61. The van der Waals surface area contributed by atoms with Gasteiger partial charge in [-0.1, -0.05) is 45.2 Å². The summed E-state index contributed by atoms with van der Waals surface area (Å²) in [4.78, 5) is 0. The van der Waals surface area contributed by atoms with Gasteiger partial charge in [0.15, 0.2) is 0 Å². The second-order valence-corrected chi connectivity index (χ2v) is 5.43. The van der Waals surface area contributed by atoms with Gasteiger partial charge in [0.05, 0.1) is 28.9 Å². The van der Waals surface area contributed by atoms with Crippen LogP contribution in [0.1, 0.15) is 5.56 Å². The number of hydrogen-bond acceptors (Lipinski definition) is 2. The summed E-state index contributed by atoms with van der Waals surface area (Å²) < 4.78 is 11.5. The quantitative estimate of drug-likeness (QED) is 0.753. The molecule has 0 radical (unpaired) electrons. The van der Waals surface area contributed by atoms with Crippen molar-refractivity contribution in [2.75, 3.05) is 17.8 Å². The van der Waals surface area contributed by atoms with Crippen LogP contribution in [0.2, 0.25) is 10.0 Å². The van der Waals surface area contributed by atoms with Crippen molar-refractivity contribution in [2.24, 2.45) is 0 Å². The van der Waals surface area contributed by atoms with E-state index in [1.807, 2.05) is 6.07 Å². The molecule has 94 valence electrons. The van der Waals surface area contributed by atoms with E-state index in [2.05, 4.69) is 15.9 Å². The van der Waals surface area contributed by atoms with E-state index in [-0.39, 0.29) is 6.10 Å². The van der Waals surface area contributed by atoms with E-state index < -0.39 is 5.79 Å². The molecule has 1 aromatic rings. The van der Waals surface area contributed by atoms with E-state index in [1.165, 1.54) is 0 Å². The number of benzene rings is 1. The van der Waals surface area contributed by atoms with Crippen LogP contribution >= 0.6 is 50.7 Å². The highest BCUT2D eigenvalue weighted by Crippen LogP contribution is 2.40. The maximum Gasteiger partial charge on any atom is 0.206 e. The summed E-state index contributed by atoms with van der Waals surface area (Å²) in [5.74, 6) is -0.485. The SMILES string of the molecule is ClC[C@H]1CO[C@@](CBr)(c2ccc(Cl)cc2Cl)O1. The fraction of sp³-hybridized carbons (Fsp3) is 0.455. The molecule has 6 heteroatoms. The van der Waals surface area contributed by atoms with Gasteiger partial charge in [0, 0.05) is 10.6 Å². The van der Waals surface area contributed by atoms with Crippen LogP contribution in [0.3, 0.4) is 0 Å². The van der Waals surface area contributed by atoms with Crippen LogP contribution < -0.4 is 0 Å². The van der Waals surface area contributed by atoms with E-state index >= 15 is 0 Å². The minimum atomic E-state index is -0.874. The maximum absolute atomic E-state index is 6.17. The summed E-state index contributed by atoms with van der Waals surface area (Å²) in [6, 6.07) is 5.24. The lowest BCUT2D eigenvalue weighted by Crippen LogP contribution is -2.30. The molecule has 17 heavy (non-hydrogen) atoms. The van der Waals surface area contributed by atoms with Gasteiger partial charge in [-0.2, -0.15) is 0 Å². The molecule has 0 aromatic heterocycles. The van der Waals surface area contributed by atoms with Crippen molar-refractivity contribution in [1.82, 2.24) is 0 Å². The minimum Gasteiger partial charge on any atom is -0.342 e. The van der Waals surface area contributed by atoms with Gasteiger partial charge in [-0.05, 0) is 12.1 Å². The molecule has 0 bridgehead atoms. The molecule has 1 aliphatic rings. The number of hydrogen-bond donors (Lipinski definition) is 0. The van der Waals surface area contributed by atoms with Crippen LogP contribution in [-0.2, 0) is 15.3 Å². The molecule has 2 nitrogen and oxygen atoms in total. The molecule has 0 unspecified atom stereocenters. The average molecular weight is 360 g/mol. The summed E-state index contributed by atoms with van der Waals surface area (Å²) in [7, 11) is 0. The van der Waals surface area contributed by atoms with Gasteiger partial charge in [-0.15, -0.1) is 11.6 Å². The highest BCUT2D eigenvalue weighted by atomic mass is 79.9. The third-order valence-electron chi connectivity index (χ3n) is 2.55. The van der Waals surface area contributed by atoms with E-state index in [0.29, 0.717) is 27.9 Å². The summed E-state index contributed by atoms with van der Waals surface area (Å²) in [5, 5.41) is 1.58. The second kappa shape index (κ2) is 5.64. The molecule has 0 saturated carbocycles. The molecule has 0 amide bonds. The van der Waals surface area contributed by atoms with Crippen molar-refractivity contribution >= 4 is 50.7 Å². The molecule has 0 spiro atoms. The number of alkyl halides is 2. The van der Waals surface area contributed by atoms with Crippen molar-refractivity contribution in [2.45, 2.75) is 11.9 Å². The first kappa shape index (κ1) is 13.9. The summed E-state index contributed by atoms with van der Waals surface area (Å²) in [6.45, 7) is 0.452. The van der Waals surface area contributed by atoms with Crippen LogP contribution in [0.5, 0.6) is 0 Å². The fourth-order valence-electron chi connectivity index (χ4n) is 1.72. The first-order chi connectivity index (χ1) is 8.11. The van der Waals surface area contributed by atoms with Crippen LogP contribution in [0, 0.1) is 0 Å². The lowest BCUT2D eigenvalue weighted by atomic mass is 10.1. The highest BCUT2D eigenvalue weighted by molar-refractivity contribution is 9.09. The first-order valence-electron chi connectivity index (χ1n) is 5.00. The Morgan fingerprint density at radius 3 is 2.71 bits per heavy atom. The van der Waals surface area contributed by atoms with Crippen molar-refractivity contribution in [3.8, 4) is 0 Å². The Balaban J connectivity index is 2.35. The largest absolute Gasteiger partial charge is 0.342 e. The molecule has 1 heterocycles. The van der Waals surface area contributed by atoms with E-state index in [4.69, 9.17) is 44.3 Å². The smallest absolute Gasteiger partial charge is 0.206 e. The molecular formula is C11H10BrCl3O2. The zero-order valence-electron chi connectivity index (χ0n) is 8.76. The molecule has 0 N–H and O–H groups in total.